The lowest BCUT2D eigenvalue weighted by atomic mass is 10.1. The maximum atomic E-state index is 12.6. The quantitative estimate of drug-likeness (QED) is 0.797. The number of carboxylic acid groups (broad SMARTS) is 1. The second-order valence-electron chi connectivity index (χ2n) is 6.01. The van der Waals surface area contributed by atoms with Crippen molar-refractivity contribution in [2.24, 2.45) is 5.41 Å². The molecule has 1 aromatic rings. The van der Waals surface area contributed by atoms with Gasteiger partial charge in [0.05, 0.1) is 5.02 Å². The Hall–Kier alpha value is -1.64. The van der Waals surface area contributed by atoms with E-state index in [1.807, 2.05) is 0 Å². The van der Waals surface area contributed by atoms with E-state index in [1.54, 1.807) is 12.1 Å². The molecule has 1 amide bonds. The Balaban J connectivity index is 1.71. The van der Waals surface area contributed by atoms with E-state index >= 15 is 0 Å². The van der Waals surface area contributed by atoms with Gasteiger partial charge in [0.2, 0.25) is 15.9 Å². The zero-order valence-electron chi connectivity index (χ0n) is 12.8. The van der Waals surface area contributed by atoms with Crippen molar-refractivity contribution in [3.8, 4) is 0 Å². The molecular weight excluding hydrogens is 356 g/mol. The number of benzene rings is 1. The van der Waals surface area contributed by atoms with Crippen molar-refractivity contribution in [3.63, 3.8) is 0 Å². The van der Waals surface area contributed by atoms with E-state index in [0.29, 0.717) is 12.8 Å². The first-order chi connectivity index (χ1) is 11.3. The number of halogens is 1. The van der Waals surface area contributed by atoms with E-state index in [0.717, 1.165) is 0 Å². The molecule has 1 aliphatic carbocycles. The molecule has 2 aliphatic rings. The minimum atomic E-state index is -3.73. The molecule has 130 valence electrons. The van der Waals surface area contributed by atoms with Crippen molar-refractivity contribution in [3.05, 3.63) is 29.3 Å². The van der Waals surface area contributed by atoms with E-state index in [9.17, 15) is 23.1 Å². The van der Waals surface area contributed by atoms with Gasteiger partial charge in [-0.05, 0) is 25.0 Å². The fraction of sp³-hybridized carbons (Fsp3) is 0.467. The van der Waals surface area contributed by atoms with Crippen molar-refractivity contribution >= 4 is 33.5 Å². The third-order valence-electron chi connectivity index (χ3n) is 4.55. The van der Waals surface area contributed by atoms with Crippen LogP contribution in [0.5, 0.6) is 0 Å². The summed E-state index contributed by atoms with van der Waals surface area (Å²) in [7, 11) is -3.73. The summed E-state index contributed by atoms with van der Waals surface area (Å²) in [5.41, 5.74) is -1.29. The molecule has 0 unspecified atom stereocenters. The van der Waals surface area contributed by atoms with Crippen molar-refractivity contribution < 1.29 is 23.1 Å². The van der Waals surface area contributed by atoms with Crippen LogP contribution in [0.1, 0.15) is 12.8 Å². The monoisotopic (exact) mass is 372 g/mol. The standard InChI is InChI=1S/C15H17ClN2O5S/c16-11-3-1-2-4-12(11)24(22,23)18-9-7-17(8-10-18)13(19)15(5-6-15)14(20)21/h1-4H,5-10H2,(H,20,21). The number of carboxylic acids is 1. The fourth-order valence-electron chi connectivity index (χ4n) is 2.87. The highest BCUT2D eigenvalue weighted by Crippen LogP contribution is 2.47. The maximum Gasteiger partial charge on any atom is 0.319 e. The van der Waals surface area contributed by atoms with E-state index < -0.39 is 27.3 Å². The summed E-state index contributed by atoms with van der Waals surface area (Å²) < 4.78 is 26.6. The number of nitrogens with zero attached hydrogens (tertiary/aromatic N) is 2. The summed E-state index contributed by atoms with van der Waals surface area (Å²) in [5, 5.41) is 9.35. The molecule has 1 saturated carbocycles. The third kappa shape index (κ3) is 2.78. The summed E-state index contributed by atoms with van der Waals surface area (Å²) >= 11 is 5.97. The molecule has 24 heavy (non-hydrogen) atoms. The molecule has 2 fully saturated rings. The predicted molar refractivity (Wildman–Crippen MR) is 86.1 cm³/mol. The Kier molecular flexibility index (Phi) is 4.31. The summed E-state index contributed by atoms with van der Waals surface area (Å²) in [6.07, 6.45) is 0.693. The second kappa shape index (κ2) is 6.02. The average molecular weight is 373 g/mol. The lowest BCUT2D eigenvalue weighted by molar-refractivity contribution is -0.154. The first-order valence-corrected chi connectivity index (χ1v) is 9.38. The van der Waals surface area contributed by atoms with Crippen molar-refractivity contribution in [1.29, 1.82) is 0 Å². The number of aliphatic carboxylic acids is 1. The Morgan fingerprint density at radius 3 is 2.17 bits per heavy atom. The van der Waals surface area contributed by atoms with Crippen LogP contribution in [0.2, 0.25) is 5.02 Å². The van der Waals surface area contributed by atoms with Gasteiger partial charge in [-0.1, -0.05) is 23.7 Å². The SMILES string of the molecule is O=C(O)C1(C(=O)N2CCN(S(=O)(=O)c3ccccc3Cl)CC2)CC1. The summed E-state index contributed by atoms with van der Waals surface area (Å²) in [5.74, 6) is -1.51. The Labute approximate surface area is 144 Å². The van der Waals surface area contributed by atoms with Crippen molar-refractivity contribution in [1.82, 2.24) is 9.21 Å². The molecule has 1 heterocycles. The second-order valence-corrected chi connectivity index (χ2v) is 8.33. The van der Waals surface area contributed by atoms with Crippen LogP contribution in [0, 0.1) is 5.41 Å². The van der Waals surface area contributed by atoms with Gasteiger partial charge in [0, 0.05) is 26.2 Å². The Morgan fingerprint density at radius 1 is 1.08 bits per heavy atom. The van der Waals surface area contributed by atoms with Gasteiger partial charge in [-0.3, -0.25) is 9.59 Å². The van der Waals surface area contributed by atoms with Crippen LogP contribution in [-0.2, 0) is 19.6 Å². The van der Waals surface area contributed by atoms with Crippen LogP contribution < -0.4 is 0 Å². The molecule has 7 nitrogen and oxygen atoms in total. The molecule has 0 spiro atoms. The zero-order valence-corrected chi connectivity index (χ0v) is 14.4. The number of rotatable bonds is 4. The third-order valence-corrected chi connectivity index (χ3v) is 6.95. The van der Waals surface area contributed by atoms with Gasteiger partial charge in [0.15, 0.2) is 0 Å². The summed E-state index contributed by atoms with van der Waals surface area (Å²) in [4.78, 5) is 25.1. The average Bonchev–Trinajstić information content (AvgIpc) is 3.36. The first-order valence-electron chi connectivity index (χ1n) is 7.56. The maximum absolute atomic E-state index is 12.6. The molecule has 3 rings (SSSR count). The minimum Gasteiger partial charge on any atom is -0.480 e. The molecule has 1 N–H and O–H groups in total. The Bertz CT molecular complexity index is 783. The molecule has 1 aromatic carbocycles. The number of hydrogen-bond donors (Lipinski definition) is 1. The van der Waals surface area contributed by atoms with E-state index in [1.165, 1.54) is 21.3 Å². The number of hydrogen-bond acceptors (Lipinski definition) is 4. The Morgan fingerprint density at radius 2 is 1.67 bits per heavy atom. The zero-order chi connectivity index (χ0) is 17.5. The normalized spacial score (nSPS) is 20.6. The van der Waals surface area contributed by atoms with Crippen LogP contribution in [0.3, 0.4) is 0 Å². The smallest absolute Gasteiger partial charge is 0.319 e. The lowest BCUT2D eigenvalue weighted by Crippen LogP contribution is -2.53. The highest BCUT2D eigenvalue weighted by molar-refractivity contribution is 7.89. The fourth-order valence-corrected chi connectivity index (χ4v) is 4.79. The van der Waals surface area contributed by atoms with Gasteiger partial charge in [-0.2, -0.15) is 4.31 Å². The van der Waals surface area contributed by atoms with Crippen LogP contribution in [0.15, 0.2) is 29.2 Å². The van der Waals surface area contributed by atoms with Gasteiger partial charge in [0.25, 0.3) is 0 Å². The summed E-state index contributed by atoms with van der Waals surface area (Å²) in [6.45, 7) is 0.596. The number of piperazine rings is 1. The van der Waals surface area contributed by atoms with Gasteiger partial charge in [0.1, 0.15) is 10.3 Å². The molecule has 0 aromatic heterocycles. The van der Waals surface area contributed by atoms with Crippen molar-refractivity contribution in [2.45, 2.75) is 17.7 Å². The highest BCUT2D eigenvalue weighted by Gasteiger charge is 2.58. The minimum absolute atomic E-state index is 0.0376. The molecule has 1 saturated heterocycles. The van der Waals surface area contributed by atoms with Gasteiger partial charge in [-0.25, -0.2) is 8.42 Å². The highest BCUT2D eigenvalue weighted by atomic mass is 35.5. The summed E-state index contributed by atoms with van der Waals surface area (Å²) in [6, 6.07) is 6.21. The largest absolute Gasteiger partial charge is 0.480 e. The lowest BCUT2D eigenvalue weighted by Gasteiger charge is -2.35. The molecule has 1 aliphatic heterocycles. The van der Waals surface area contributed by atoms with Gasteiger partial charge in [-0.15, -0.1) is 0 Å². The molecule has 0 bridgehead atoms. The number of sulfonamides is 1. The van der Waals surface area contributed by atoms with E-state index in [2.05, 4.69) is 0 Å². The number of carbonyl (C=O) groups excluding carboxylic acids is 1. The molecule has 9 heteroatoms. The molecule has 0 atom stereocenters. The van der Waals surface area contributed by atoms with Gasteiger partial charge >= 0.3 is 5.97 Å². The van der Waals surface area contributed by atoms with Crippen LogP contribution in [-0.4, -0.2) is 60.8 Å². The topological polar surface area (TPSA) is 95.0 Å². The van der Waals surface area contributed by atoms with Gasteiger partial charge < -0.3 is 10.0 Å². The van der Waals surface area contributed by atoms with Crippen molar-refractivity contribution in [2.75, 3.05) is 26.2 Å². The van der Waals surface area contributed by atoms with Crippen LogP contribution in [0.4, 0.5) is 0 Å². The molecular formula is C15H17ClN2O5S. The number of carbonyl (C=O) groups is 2. The van der Waals surface area contributed by atoms with Crippen LogP contribution in [0.25, 0.3) is 0 Å². The number of amides is 1. The van der Waals surface area contributed by atoms with E-state index in [-0.39, 0.29) is 36.1 Å². The van der Waals surface area contributed by atoms with E-state index in [4.69, 9.17) is 11.6 Å². The van der Waals surface area contributed by atoms with Crippen LogP contribution >= 0.6 is 11.6 Å². The molecule has 0 radical (unpaired) electrons. The predicted octanol–water partition coefficient (Wildman–Crippen LogP) is 1.04. The first kappa shape index (κ1) is 17.2.